The lowest BCUT2D eigenvalue weighted by Crippen LogP contribution is -2.38. The summed E-state index contributed by atoms with van der Waals surface area (Å²) in [5.74, 6) is -0.255. The first-order chi connectivity index (χ1) is 13.3. The first-order valence-electron chi connectivity index (χ1n) is 9.45. The fraction of sp³-hybridized carbons (Fsp3) is 0.273. The number of hydrogen-bond acceptors (Lipinski definition) is 4. The van der Waals surface area contributed by atoms with E-state index in [1.165, 1.54) is 10.9 Å². The summed E-state index contributed by atoms with van der Waals surface area (Å²) in [7, 11) is 0. The molecule has 0 amide bonds. The summed E-state index contributed by atoms with van der Waals surface area (Å²) in [5, 5.41) is 1.17. The largest absolute Gasteiger partial charge is 0.420 e. The summed E-state index contributed by atoms with van der Waals surface area (Å²) in [4.78, 5) is 19.4. The van der Waals surface area contributed by atoms with Crippen LogP contribution in [-0.4, -0.2) is 27.5 Å². The molecule has 1 atom stereocenters. The van der Waals surface area contributed by atoms with Crippen LogP contribution in [0.5, 0.6) is 0 Å². The van der Waals surface area contributed by atoms with Gasteiger partial charge in [0.1, 0.15) is 0 Å². The van der Waals surface area contributed by atoms with Crippen LogP contribution in [0.2, 0.25) is 0 Å². The Kier molecular flexibility index (Phi) is 4.02. The first kappa shape index (κ1) is 16.3. The van der Waals surface area contributed by atoms with E-state index in [9.17, 15) is 4.79 Å². The van der Waals surface area contributed by atoms with Crippen LogP contribution in [0.3, 0.4) is 0 Å². The average Bonchev–Trinajstić information content (AvgIpc) is 3.04. The van der Waals surface area contributed by atoms with Gasteiger partial charge in [0.15, 0.2) is 5.58 Å². The Morgan fingerprint density at radius 3 is 2.93 bits per heavy atom. The van der Waals surface area contributed by atoms with Crippen LogP contribution < -0.4 is 5.76 Å². The van der Waals surface area contributed by atoms with Crippen molar-refractivity contribution >= 4 is 22.0 Å². The van der Waals surface area contributed by atoms with Crippen LogP contribution in [0.15, 0.2) is 70.0 Å². The van der Waals surface area contributed by atoms with E-state index >= 15 is 0 Å². The topological polar surface area (TPSA) is 51.3 Å². The molecule has 3 heterocycles. The fourth-order valence-corrected chi connectivity index (χ4v) is 4.25. The molecule has 0 aliphatic carbocycles. The molecule has 0 N–H and O–H groups in total. The number of hydrogen-bond donors (Lipinski definition) is 0. The maximum Gasteiger partial charge on any atom is 0.420 e. The van der Waals surface area contributed by atoms with Crippen LogP contribution >= 0.6 is 0 Å². The normalized spacial score (nSPS) is 18.3. The highest BCUT2D eigenvalue weighted by Crippen LogP contribution is 2.27. The molecule has 0 radical (unpaired) electrons. The molecule has 1 saturated heterocycles. The van der Waals surface area contributed by atoms with E-state index in [4.69, 9.17) is 4.42 Å². The van der Waals surface area contributed by atoms with Crippen LogP contribution in [-0.2, 0) is 6.54 Å². The minimum atomic E-state index is -0.255. The molecule has 0 spiro atoms. The molecule has 2 aromatic heterocycles. The Morgan fingerprint density at radius 2 is 1.96 bits per heavy atom. The minimum absolute atomic E-state index is 0.137. The second kappa shape index (κ2) is 6.67. The van der Waals surface area contributed by atoms with Crippen molar-refractivity contribution in [3.63, 3.8) is 0 Å². The highest BCUT2D eigenvalue weighted by molar-refractivity contribution is 5.81. The van der Waals surface area contributed by atoms with E-state index in [1.54, 1.807) is 0 Å². The summed E-state index contributed by atoms with van der Waals surface area (Å²) in [6.07, 6.45) is 3.91. The van der Waals surface area contributed by atoms with Crippen LogP contribution in [0.4, 0.5) is 0 Å². The predicted octanol–water partition coefficient (Wildman–Crippen LogP) is 3.98. The second-order valence-electron chi connectivity index (χ2n) is 7.23. The minimum Gasteiger partial charge on any atom is -0.408 e. The zero-order valence-electron chi connectivity index (χ0n) is 15.0. The number of para-hydroxylation sites is 3. The molecule has 136 valence electrons. The van der Waals surface area contributed by atoms with Gasteiger partial charge in [-0.05, 0) is 43.1 Å². The average molecular weight is 359 g/mol. The van der Waals surface area contributed by atoms with E-state index in [0.29, 0.717) is 5.58 Å². The van der Waals surface area contributed by atoms with E-state index in [0.717, 1.165) is 43.5 Å². The number of rotatable bonds is 3. The molecule has 27 heavy (non-hydrogen) atoms. The van der Waals surface area contributed by atoms with Crippen molar-refractivity contribution in [3.8, 4) is 0 Å². The van der Waals surface area contributed by atoms with E-state index in [1.807, 2.05) is 41.1 Å². The molecule has 1 aliphatic heterocycles. The molecular formula is C22H21N3O2. The molecule has 1 aliphatic rings. The maximum absolute atomic E-state index is 12.4. The van der Waals surface area contributed by atoms with Gasteiger partial charge in [0.2, 0.25) is 0 Å². The van der Waals surface area contributed by atoms with Crippen molar-refractivity contribution in [3.05, 3.63) is 76.9 Å². The third-order valence-corrected chi connectivity index (χ3v) is 5.47. The number of aromatic nitrogens is 2. The Labute approximate surface area is 156 Å². The highest BCUT2D eigenvalue weighted by atomic mass is 16.4. The number of benzene rings is 2. The molecule has 0 unspecified atom stereocenters. The van der Waals surface area contributed by atoms with Crippen LogP contribution in [0.1, 0.15) is 24.4 Å². The predicted molar refractivity (Wildman–Crippen MR) is 106 cm³/mol. The van der Waals surface area contributed by atoms with Gasteiger partial charge in [0, 0.05) is 24.7 Å². The molecule has 5 nitrogen and oxygen atoms in total. The van der Waals surface area contributed by atoms with Gasteiger partial charge in [0.25, 0.3) is 0 Å². The zero-order valence-corrected chi connectivity index (χ0v) is 15.0. The molecular weight excluding hydrogens is 338 g/mol. The number of pyridine rings is 1. The Morgan fingerprint density at radius 1 is 1.07 bits per heavy atom. The van der Waals surface area contributed by atoms with Gasteiger partial charge in [-0.1, -0.05) is 36.4 Å². The van der Waals surface area contributed by atoms with Gasteiger partial charge in [-0.3, -0.25) is 14.5 Å². The molecule has 0 bridgehead atoms. The molecule has 4 aromatic rings. The smallest absolute Gasteiger partial charge is 0.408 e. The summed E-state index contributed by atoms with van der Waals surface area (Å²) >= 11 is 0. The van der Waals surface area contributed by atoms with Crippen molar-refractivity contribution in [1.29, 1.82) is 0 Å². The van der Waals surface area contributed by atoms with Gasteiger partial charge in [0.05, 0.1) is 17.1 Å². The lowest BCUT2D eigenvalue weighted by atomic mass is 10.0. The molecule has 1 fully saturated rings. The standard InChI is InChI=1S/C22H21N3O2/c26-22-25(19-10-1-2-11-20(19)27-22)18-9-5-13-24(15-18)14-17-7-3-6-16-8-4-12-23-21(16)17/h1-4,6-8,10-12,18H,5,9,13-15H2/t18-/m1/s1. The van der Waals surface area contributed by atoms with Gasteiger partial charge < -0.3 is 4.42 Å². The highest BCUT2D eigenvalue weighted by Gasteiger charge is 2.25. The molecule has 5 heteroatoms. The summed E-state index contributed by atoms with van der Waals surface area (Å²) in [6, 6.07) is 18.2. The third kappa shape index (κ3) is 2.94. The summed E-state index contributed by atoms with van der Waals surface area (Å²) in [6.45, 7) is 2.71. The Bertz CT molecular complexity index is 1160. The summed E-state index contributed by atoms with van der Waals surface area (Å²) < 4.78 is 7.28. The number of nitrogens with zero attached hydrogens (tertiary/aromatic N) is 3. The van der Waals surface area contributed by atoms with Crippen LogP contribution in [0.25, 0.3) is 22.0 Å². The van der Waals surface area contributed by atoms with Gasteiger partial charge in [-0.15, -0.1) is 0 Å². The van der Waals surface area contributed by atoms with Crippen molar-refractivity contribution in [2.45, 2.75) is 25.4 Å². The maximum atomic E-state index is 12.4. The number of fused-ring (bicyclic) bond motifs is 2. The van der Waals surface area contributed by atoms with Gasteiger partial charge >= 0.3 is 5.76 Å². The Hall–Kier alpha value is -2.92. The zero-order chi connectivity index (χ0) is 18.2. The SMILES string of the molecule is O=c1oc2ccccc2n1[C@@H]1CCCN(Cc2cccc3cccnc23)C1. The monoisotopic (exact) mass is 359 g/mol. The fourth-order valence-electron chi connectivity index (χ4n) is 4.25. The van der Waals surface area contributed by atoms with Crippen molar-refractivity contribution in [1.82, 2.24) is 14.5 Å². The summed E-state index contributed by atoms with van der Waals surface area (Å²) in [5.41, 5.74) is 3.85. The first-order valence-corrected chi connectivity index (χ1v) is 9.45. The second-order valence-corrected chi connectivity index (χ2v) is 7.23. The lowest BCUT2D eigenvalue weighted by Gasteiger charge is -2.33. The van der Waals surface area contributed by atoms with Crippen LogP contribution in [0, 0.1) is 0 Å². The number of likely N-dealkylation sites (tertiary alicyclic amines) is 1. The molecule has 5 rings (SSSR count). The quantitative estimate of drug-likeness (QED) is 0.555. The molecule has 0 saturated carbocycles. The lowest BCUT2D eigenvalue weighted by molar-refractivity contribution is 0.168. The van der Waals surface area contributed by atoms with E-state index in [-0.39, 0.29) is 11.8 Å². The van der Waals surface area contributed by atoms with Gasteiger partial charge in [-0.2, -0.15) is 0 Å². The van der Waals surface area contributed by atoms with Crippen molar-refractivity contribution in [2.24, 2.45) is 0 Å². The Balaban J connectivity index is 1.44. The van der Waals surface area contributed by atoms with E-state index in [2.05, 4.69) is 34.1 Å². The van der Waals surface area contributed by atoms with E-state index < -0.39 is 0 Å². The number of piperidine rings is 1. The third-order valence-electron chi connectivity index (χ3n) is 5.47. The number of oxazole rings is 1. The van der Waals surface area contributed by atoms with Gasteiger partial charge in [-0.25, -0.2) is 4.79 Å². The van der Waals surface area contributed by atoms with Crippen molar-refractivity contribution < 1.29 is 4.42 Å². The molecule has 2 aromatic carbocycles. The van der Waals surface area contributed by atoms with Crippen molar-refractivity contribution in [2.75, 3.05) is 13.1 Å².